The molecular formula is C15H15NO. The highest BCUT2D eigenvalue weighted by Crippen LogP contribution is 2.32. The standard InChI is InChI=1S/C15H15NO/c1-11-2-4-12(5-3-11)13-6-7-14-15(10-13)17-9-8-16-14/h2-7,10,16H,8-9H2,1H3. The first-order valence-electron chi connectivity index (χ1n) is 5.91. The zero-order valence-corrected chi connectivity index (χ0v) is 9.86. The summed E-state index contributed by atoms with van der Waals surface area (Å²) in [7, 11) is 0. The van der Waals surface area contributed by atoms with Crippen LogP contribution in [-0.2, 0) is 0 Å². The van der Waals surface area contributed by atoms with Crippen molar-refractivity contribution >= 4 is 5.69 Å². The van der Waals surface area contributed by atoms with Crippen LogP contribution in [-0.4, -0.2) is 13.2 Å². The molecule has 1 aliphatic heterocycles. The van der Waals surface area contributed by atoms with Crippen molar-refractivity contribution in [3.8, 4) is 16.9 Å². The second-order valence-corrected chi connectivity index (χ2v) is 4.35. The second-order valence-electron chi connectivity index (χ2n) is 4.35. The van der Waals surface area contributed by atoms with Crippen LogP contribution < -0.4 is 10.1 Å². The summed E-state index contributed by atoms with van der Waals surface area (Å²) >= 11 is 0. The minimum absolute atomic E-state index is 0.740. The fourth-order valence-electron chi connectivity index (χ4n) is 2.06. The molecule has 2 nitrogen and oxygen atoms in total. The highest BCUT2D eigenvalue weighted by molar-refractivity contribution is 5.71. The molecule has 0 fully saturated rings. The Morgan fingerprint density at radius 3 is 2.59 bits per heavy atom. The van der Waals surface area contributed by atoms with Crippen molar-refractivity contribution in [3.05, 3.63) is 48.0 Å². The van der Waals surface area contributed by atoms with Crippen LogP contribution in [0.2, 0.25) is 0 Å². The smallest absolute Gasteiger partial charge is 0.143 e. The predicted octanol–water partition coefficient (Wildman–Crippen LogP) is 3.47. The fraction of sp³-hybridized carbons (Fsp3) is 0.200. The van der Waals surface area contributed by atoms with Gasteiger partial charge in [0.25, 0.3) is 0 Å². The molecule has 2 aromatic carbocycles. The molecule has 1 N–H and O–H groups in total. The summed E-state index contributed by atoms with van der Waals surface area (Å²) in [6, 6.07) is 14.9. The summed E-state index contributed by atoms with van der Waals surface area (Å²) in [5.41, 5.74) is 4.80. The third-order valence-corrected chi connectivity index (χ3v) is 3.04. The van der Waals surface area contributed by atoms with E-state index in [2.05, 4.69) is 54.7 Å². The monoisotopic (exact) mass is 225 g/mol. The average Bonchev–Trinajstić information content (AvgIpc) is 2.39. The molecule has 0 unspecified atom stereocenters. The Labute approximate surface area is 101 Å². The van der Waals surface area contributed by atoms with Crippen molar-refractivity contribution in [3.63, 3.8) is 0 Å². The lowest BCUT2D eigenvalue weighted by Crippen LogP contribution is -2.17. The van der Waals surface area contributed by atoms with Gasteiger partial charge in [-0.25, -0.2) is 0 Å². The van der Waals surface area contributed by atoms with Gasteiger partial charge >= 0.3 is 0 Å². The zero-order chi connectivity index (χ0) is 11.7. The summed E-state index contributed by atoms with van der Waals surface area (Å²) in [5, 5.41) is 3.33. The summed E-state index contributed by atoms with van der Waals surface area (Å²) in [6.07, 6.45) is 0. The van der Waals surface area contributed by atoms with Gasteiger partial charge in [-0.3, -0.25) is 0 Å². The first kappa shape index (κ1) is 10.2. The van der Waals surface area contributed by atoms with Crippen LogP contribution in [0.4, 0.5) is 5.69 Å². The van der Waals surface area contributed by atoms with E-state index in [9.17, 15) is 0 Å². The van der Waals surface area contributed by atoms with Gasteiger partial charge in [0.05, 0.1) is 5.69 Å². The Morgan fingerprint density at radius 1 is 1.00 bits per heavy atom. The predicted molar refractivity (Wildman–Crippen MR) is 70.6 cm³/mol. The van der Waals surface area contributed by atoms with E-state index >= 15 is 0 Å². The van der Waals surface area contributed by atoms with Crippen LogP contribution in [0, 0.1) is 6.92 Å². The van der Waals surface area contributed by atoms with Crippen LogP contribution >= 0.6 is 0 Å². The number of rotatable bonds is 1. The summed E-state index contributed by atoms with van der Waals surface area (Å²) in [4.78, 5) is 0. The molecule has 0 saturated carbocycles. The van der Waals surface area contributed by atoms with Gasteiger partial charge in [0.2, 0.25) is 0 Å². The number of fused-ring (bicyclic) bond motifs is 1. The Kier molecular flexibility index (Phi) is 2.48. The first-order valence-corrected chi connectivity index (χ1v) is 5.91. The number of hydrogen-bond donors (Lipinski definition) is 1. The molecule has 1 aliphatic rings. The Morgan fingerprint density at radius 2 is 1.76 bits per heavy atom. The minimum atomic E-state index is 0.740. The molecule has 17 heavy (non-hydrogen) atoms. The molecule has 0 radical (unpaired) electrons. The van der Waals surface area contributed by atoms with E-state index in [0.717, 1.165) is 24.6 Å². The van der Waals surface area contributed by atoms with Gasteiger partial charge in [-0.2, -0.15) is 0 Å². The van der Waals surface area contributed by atoms with Crippen molar-refractivity contribution in [1.82, 2.24) is 0 Å². The molecule has 3 rings (SSSR count). The molecule has 0 aliphatic carbocycles. The van der Waals surface area contributed by atoms with Gasteiger partial charge in [-0.15, -0.1) is 0 Å². The molecule has 0 bridgehead atoms. The maximum absolute atomic E-state index is 5.65. The van der Waals surface area contributed by atoms with Crippen LogP contribution in [0.1, 0.15) is 5.56 Å². The molecule has 0 aromatic heterocycles. The number of ether oxygens (including phenoxy) is 1. The first-order chi connectivity index (χ1) is 8.33. The average molecular weight is 225 g/mol. The number of hydrogen-bond acceptors (Lipinski definition) is 2. The molecule has 0 amide bonds. The van der Waals surface area contributed by atoms with Gasteiger partial charge in [-0.05, 0) is 30.2 Å². The second kappa shape index (κ2) is 4.13. The Bertz CT molecular complexity index is 531. The Hall–Kier alpha value is -1.96. The largest absolute Gasteiger partial charge is 0.490 e. The molecular weight excluding hydrogens is 210 g/mol. The van der Waals surface area contributed by atoms with E-state index in [1.54, 1.807) is 0 Å². The van der Waals surface area contributed by atoms with Crippen molar-refractivity contribution in [2.24, 2.45) is 0 Å². The number of aryl methyl sites for hydroxylation is 1. The van der Waals surface area contributed by atoms with Crippen LogP contribution in [0.5, 0.6) is 5.75 Å². The van der Waals surface area contributed by atoms with Crippen LogP contribution in [0.25, 0.3) is 11.1 Å². The summed E-state index contributed by atoms with van der Waals surface area (Å²) in [6.45, 7) is 3.73. The SMILES string of the molecule is Cc1ccc(-c2ccc3c(c2)OCCN3)cc1. The third kappa shape index (κ3) is 1.98. The van der Waals surface area contributed by atoms with E-state index in [0.29, 0.717) is 0 Å². The van der Waals surface area contributed by atoms with Crippen LogP contribution in [0.15, 0.2) is 42.5 Å². The van der Waals surface area contributed by atoms with Crippen molar-refractivity contribution in [2.75, 3.05) is 18.5 Å². The summed E-state index contributed by atoms with van der Waals surface area (Å²) in [5.74, 6) is 0.953. The van der Waals surface area contributed by atoms with Gasteiger partial charge in [0.15, 0.2) is 0 Å². The van der Waals surface area contributed by atoms with E-state index < -0.39 is 0 Å². The highest BCUT2D eigenvalue weighted by Gasteiger charge is 2.10. The maximum atomic E-state index is 5.65. The topological polar surface area (TPSA) is 21.3 Å². The molecule has 1 heterocycles. The molecule has 2 heteroatoms. The van der Waals surface area contributed by atoms with Gasteiger partial charge < -0.3 is 10.1 Å². The number of anilines is 1. The van der Waals surface area contributed by atoms with E-state index in [1.807, 2.05) is 0 Å². The van der Waals surface area contributed by atoms with Gasteiger partial charge in [-0.1, -0.05) is 35.9 Å². The van der Waals surface area contributed by atoms with Crippen LogP contribution in [0.3, 0.4) is 0 Å². The van der Waals surface area contributed by atoms with Crippen molar-refractivity contribution in [1.29, 1.82) is 0 Å². The quantitative estimate of drug-likeness (QED) is 0.802. The minimum Gasteiger partial charge on any atom is -0.490 e. The lowest BCUT2D eigenvalue weighted by Gasteiger charge is -2.19. The fourth-order valence-corrected chi connectivity index (χ4v) is 2.06. The van der Waals surface area contributed by atoms with E-state index in [-0.39, 0.29) is 0 Å². The van der Waals surface area contributed by atoms with E-state index in [1.165, 1.54) is 16.7 Å². The molecule has 86 valence electrons. The highest BCUT2D eigenvalue weighted by atomic mass is 16.5. The van der Waals surface area contributed by atoms with Gasteiger partial charge in [0.1, 0.15) is 12.4 Å². The number of nitrogens with one attached hydrogen (secondary N) is 1. The lowest BCUT2D eigenvalue weighted by molar-refractivity contribution is 0.323. The Balaban J connectivity index is 2.01. The van der Waals surface area contributed by atoms with Crippen molar-refractivity contribution in [2.45, 2.75) is 6.92 Å². The normalized spacial score (nSPS) is 13.5. The lowest BCUT2D eigenvalue weighted by atomic mass is 10.0. The zero-order valence-electron chi connectivity index (χ0n) is 9.86. The molecule has 0 spiro atoms. The molecule has 0 saturated heterocycles. The molecule has 0 atom stereocenters. The van der Waals surface area contributed by atoms with E-state index in [4.69, 9.17) is 4.74 Å². The molecule has 2 aromatic rings. The maximum Gasteiger partial charge on any atom is 0.143 e. The third-order valence-electron chi connectivity index (χ3n) is 3.04. The number of benzene rings is 2. The van der Waals surface area contributed by atoms with Crippen molar-refractivity contribution < 1.29 is 4.74 Å². The summed E-state index contributed by atoms with van der Waals surface area (Å²) < 4.78 is 5.65. The van der Waals surface area contributed by atoms with Gasteiger partial charge in [0, 0.05) is 6.54 Å².